The van der Waals surface area contributed by atoms with E-state index in [0.717, 1.165) is 38.5 Å². The monoisotopic (exact) mass is 280 g/mol. The van der Waals surface area contributed by atoms with Crippen molar-refractivity contribution in [2.75, 3.05) is 37.7 Å². The Bertz CT molecular complexity index is 457. The molecule has 4 nitrogen and oxygen atoms in total. The first kappa shape index (κ1) is 12.9. The topological polar surface area (TPSA) is 32.8 Å². The largest absolute Gasteiger partial charge is 0.379 e. The van der Waals surface area contributed by atoms with Crippen LogP contribution in [0.3, 0.4) is 0 Å². The summed E-state index contributed by atoms with van der Waals surface area (Å²) >= 11 is 5.88. The molecule has 2 aliphatic heterocycles. The van der Waals surface area contributed by atoms with Crippen molar-refractivity contribution in [3.8, 4) is 0 Å². The minimum absolute atomic E-state index is 0.193. The first-order valence-electron chi connectivity index (χ1n) is 6.62. The van der Waals surface area contributed by atoms with Crippen LogP contribution in [0.15, 0.2) is 24.3 Å². The molecule has 0 radical (unpaired) electrons. The Hall–Kier alpha value is -1.10. The second-order valence-corrected chi connectivity index (χ2v) is 5.42. The summed E-state index contributed by atoms with van der Waals surface area (Å²) < 4.78 is 5.36. The maximum Gasteiger partial charge on any atom is 0.228 e. The molecular formula is C14H17ClN2O2. The van der Waals surface area contributed by atoms with Crippen LogP contribution in [0.4, 0.5) is 5.69 Å². The highest BCUT2D eigenvalue weighted by Gasteiger charge is 2.34. The third kappa shape index (κ3) is 2.76. The van der Waals surface area contributed by atoms with Gasteiger partial charge in [0.05, 0.1) is 13.2 Å². The van der Waals surface area contributed by atoms with E-state index in [-0.39, 0.29) is 5.91 Å². The summed E-state index contributed by atoms with van der Waals surface area (Å²) in [7, 11) is 0. The number of benzene rings is 1. The van der Waals surface area contributed by atoms with Crippen LogP contribution < -0.4 is 4.90 Å². The van der Waals surface area contributed by atoms with Gasteiger partial charge in [-0.15, -0.1) is 0 Å². The van der Waals surface area contributed by atoms with Crippen molar-refractivity contribution >= 4 is 23.2 Å². The zero-order chi connectivity index (χ0) is 13.2. The third-order valence-electron chi connectivity index (χ3n) is 3.80. The molecule has 1 atom stereocenters. The average Bonchev–Trinajstić information content (AvgIpc) is 2.83. The van der Waals surface area contributed by atoms with E-state index >= 15 is 0 Å². The van der Waals surface area contributed by atoms with E-state index in [2.05, 4.69) is 4.90 Å². The molecule has 2 heterocycles. The maximum atomic E-state index is 12.1. The summed E-state index contributed by atoms with van der Waals surface area (Å²) in [4.78, 5) is 16.4. The highest BCUT2D eigenvalue weighted by molar-refractivity contribution is 6.30. The van der Waals surface area contributed by atoms with Gasteiger partial charge < -0.3 is 9.64 Å². The number of carbonyl (C=O) groups excluding carboxylic acids is 1. The summed E-state index contributed by atoms with van der Waals surface area (Å²) in [5, 5.41) is 0.695. The van der Waals surface area contributed by atoms with E-state index in [4.69, 9.17) is 16.3 Å². The van der Waals surface area contributed by atoms with Crippen molar-refractivity contribution in [1.29, 1.82) is 0 Å². The molecule has 0 spiro atoms. The molecule has 3 rings (SSSR count). The summed E-state index contributed by atoms with van der Waals surface area (Å²) in [5.41, 5.74) is 0.935. The number of carbonyl (C=O) groups is 1. The fourth-order valence-electron chi connectivity index (χ4n) is 2.75. The van der Waals surface area contributed by atoms with Crippen molar-refractivity contribution in [3.63, 3.8) is 0 Å². The molecule has 1 aromatic rings. The van der Waals surface area contributed by atoms with Crippen molar-refractivity contribution in [1.82, 2.24) is 4.90 Å². The van der Waals surface area contributed by atoms with Gasteiger partial charge in [0, 0.05) is 42.8 Å². The van der Waals surface area contributed by atoms with E-state index in [1.54, 1.807) is 0 Å². The zero-order valence-electron chi connectivity index (χ0n) is 10.7. The molecule has 5 heteroatoms. The van der Waals surface area contributed by atoms with Gasteiger partial charge in [0.25, 0.3) is 0 Å². The van der Waals surface area contributed by atoms with E-state index in [0.29, 0.717) is 17.5 Å². The van der Waals surface area contributed by atoms with Crippen molar-refractivity contribution in [2.45, 2.75) is 12.5 Å². The summed E-state index contributed by atoms with van der Waals surface area (Å²) in [6.45, 7) is 4.15. The van der Waals surface area contributed by atoms with Crippen LogP contribution in [0.2, 0.25) is 5.02 Å². The fraction of sp³-hybridized carbons (Fsp3) is 0.500. The molecule has 0 aromatic heterocycles. The Morgan fingerprint density at radius 1 is 1.16 bits per heavy atom. The molecule has 102 valence electrons. The van der Waals surface area contributed by atoms with E-state index in [9.17, 15) is 4.79 Å². The van der Waals surface area contributed by atoms with Crippen molar-refractivity contribution in [2.24, 2.45) is 0 Å². The van der Waals surface area contributed by atoms with Gasteiger partial charge in [0.1, 0.15) is 0 Å². The van der Waals surface area contributed by atoms with Gasteiger partial charge in [-0.1, -0.05) is 11.6 Å². The lowest BCUT2D eigenvalue weighted by molar-refractivity contribution is -0.117. The minimum Gasteiger partial charge on any atom is -0.379 e. The fourth-order valence-corrected chi connectivity index (χ4v) is 2.87. The summed E-state index contributed by atoms with van der Waals surface area (Å²) in [6.07, 6.45) is 0.600. The number of halogens is 1. The van der Waals surface area contributed by atoms with Crippen LogP contribution in [0.1, 0.15) is 6.42 Å². The highest BCUT2D eigenvalue weighted by atomic mass is 35.5. The Balaban J connectivity index is 1.70. The molecule has 0 N–H and O–H groups in total. The number of rotatable bonds is 2. The molecule has 0 bridgehead atoms. The van der Waals surface area contributed by atoms with Crippen LogP contribution in [-0.4, -0.2) is 49.7 Å². The van der Waals surface area contributed by atoms with Crippen LogP contribution in [0.5, 0.6) is 0 Å². The second kappa shape index (κ2) is 5.49. The molecule has 1 aromatic carbocycles. The van der Waals surface area contributed by atoms with E-state index in [1.165, 1.54) is 0 Å². The normalized spacial score (nSPS) is 25.0. The van der Waals surface area contributed by atoms with Gasteiger partial charge in [-0.2, -0.15) is 0 Å². The Morgan fingerprint density at radius 2 is 1.84 bits per heavy atom. The molecule has 2 saturated heterocycles. The van der Waals surface area contributed by atoms with Gasteiger partial charge in [-0.05, 0) is 24.3 Å². The van der Waals surface area contributed by atoms with Gasteiger partial charge in [-0.3, -0.25) is 9.69 Å². The Kier molecular flexibility index (Phi) is 3.73. The predicted octanol–water partition coefficient (Wildman–Crippen LogP) is 1.78. The minimum atomic E-state index is 0.193. The smallest absolute Gasteiger partial charge is 0.228 e. The Morgan fingerprint density at radius 3 is 2.53 bits per heavy atom. The number of amides is 1. The standard InChI is InChI=1S/C14H17ClN2O2/c15-11-1-3-12(4-2-11)17-10-13(9-14(17)18)16-5-7-19-8-6-16/h1-4,13H,5-10H2. The first-order valence-corrected chi connectivity index (χ1v) is 6.99. The zero-order valence-corrected chi connectivity index (χ0v) is 11.5. The molecule has 2 aliphatic rings. The molecular weight excluding hydrogens is 264 g/mol. The van der Waals surface area contributed by atoms with Gasteiger partial charge in [0.2, 0.25) is 5.91 Å². The molecule has 2 fully saturated rings. The van der Waals surface area contributed by atoms with Crippen LogP contribution in [0.25, 0.3) is 0 Å². The van der Waals surface area contributed by atoms with Gasteiger partial charge in [0.15, 0.2) is 0 Å². The number of ether oxygens (including phenoxy) is 1. The quantitative estimate of drug-likeness (QED) is 0.828. The lowest BCUT2D eigenvalue weighted by atomic mass is 10.2. The van der Waals surface area contributed by atoms with Gasteiger partial charge >= 0.3 is 0 Å². The van der Waals surface area contributed by atoms with Crippen LogP contribution in [0, 0.1) is 0 Å². The maximum absolute atomic E-state index is 12.1. The number of hydrogen-bond donors (Lipinski definition) is 0. The summed E-state index contributed by atoms with van der Waals surface area (Å²) in [5.74, 6) is 0.193. The molecule has 19 heavy (non-hydrogen) atoms. The number of hydrogen-bond acceptors (Lipinski definition) is 3. The predicted molar refractivity (Wildman–Crippen MR) is 74.6 cm³/mol. The first-order chi connectivity index (χ1) is 9.24. The SMILES string of the molecule is O=C1CC(N2CCOCC2)CN1c1ccc(Cl)cc1. The molecule has 0 aliphatic carbocycles. The lowest BCUT2D eigenvalue weighted by Gasteiger charge is -2.31. The molecule has 0 saturated carbocycles. The van der Waals surface area contributed by atoms with E-state index in [1.807, 2.05) is 29.2 Å². The van der Waals surface area contributed by atoms with Crippen LogP contribution in [-0.2, 0) is 9.53 Å². The third-order valence-corrected chi connectivity index (χ3v) is 4.06. The average molecular weight is 281 g/mol. The Labute approximate surface area is 117 Å². The number of anilines is 1. The van der Waals surface area contributed by atoms with Crippen LogP contribution >= 0.6 is 11.6 Å². The molecule has 1 unspecified atom stereocenters. The lowest BCUT2D eigenvalue weighted by Crippen LogP contribution is -2.44. The van der Waals surface area contributed by atoms with Crippen molar-refractivity contribution < 1.29 is 9.53 Å². The van der Waals surface area contributed by atoms with E-state index < -0.39 is 0 Å². The second-order valence-electron chi connectivity index (χ2n) is 4.99. The summed E-state index contributed by atoms with van der Waals surface area (Å²) in [6, 6.07) is 7.77. The number of nitrogens with zero attached hydrogens (tertiary/aromatic N) is 2. The van der Waals surface area contributed by atoms with Crippen molar-refractivity contribution in [3.05, 3.63) is 29.3 Å². The molecule has 1 amide bonds. The number of morpholine rings is 1. The van der Waals surface area contributed by atoms with Gasteiger partial charge in [-0.25, -0.2) is 0 Å². The highest BCUT2D eigenvalue weighted by Crippen LogP contribution is 2.25.